The highest BCUT2D eigenvalue weighted by Crippen LogP contribution is 2.24. The van der Waals surface area contributed by atoms with E-state index in [1.54, 1.807) is 23.1 Å². The minimum absolute atomic E-state index is 0.00137. The first-order chi connectivity index (χ1) is 16.9. The summed E-state index contributed by atoms with van der Waals surface area (Å²) in [5.74, 6) is -0.112. The Bertz CT molecular complexity index is 1110. The van der Waals surface area contributed by atoms with Crippen molar-refractivity contribution in [3.05, 3.63) is 100 Å². The maximum atomic E-state index is 13.6. The fourth-order valence-electron chi connectivity index (χ4n) is 3.56. The molecule has 2 amide bonds. The highest BCUT2D eigenvalue weighted by Gasteiger charge is 2.31. The van der Waals surface area contributed by atoms with Gasteiger partial charge in [0.25, 0.3) is 0 Å². The topological polar surface area (TPSA) is 49.4 Å². The largest absolute Gasteiger partial charge is 0.352 e. The Balaban J connectivity index is 1.91. The molecule has 0 heterocycles. The molecular weight excluding hydrogens is 499 g/mol. The Hall–Kier alpha value is -2.47. The van der Waals surface area contributed by atoms with Crippen LogP contribution < -0.4 is 5.32 Å². The van der Waals surface area contributed by atoms with Gasteiger partial charge in [-0.2, -0.15) is 0 Å². The second-order valence-electron chi connectivity index (χ2n) is 8.38. The number of carbonyl (C=O) groups excluding carboxylic acids is 2. The van der Waals surface area contributed by atoms with Gasteiger partial charge in [0.05, 0.1) is 5.75 Å². The molecule has 0 radical (unpaired) electrons. The van der Waals surface area contributed by atoms with E-state index in [-0.39, 0.29) is 30.2 Å². The molecule has 3 rings (SSSR count). The minimum Gasteiger partial charge on any atom is -0.352 e. The smallest absolute Gasteiger partial charge is 0.243 e. The van der Waals surface area contributed by atoms with E-state index in [9.17, 15) is 9.59 Å². The number of nitrogens with one attached hydrogen (secondary N) is 1. The van der Waals surface area contributed by atoms with Crippen LogP contribution in [0, 0.1) is 0 Å². The summed E-state index contributed by atoms with van der Waals surface area (Å²) < 4.78 is 0. The standard InChI is InChI=1S/C28H30Cl2N2O2S/c1-3-20(2)31-28(34)26(17-21-9-5-4-6-10-21)32(18-22-11-7-8-12-25(22)30)27(33)19-35-24-15-13-23(29)14-16-24/h4-16,20,26H,3,17-19H2,1-2H3,(H,31,34)/t20-,26+/m0/s1. The molecule has 7 heteroatoms. The summed E-state index contributed by atoms with van der Waals surface area (Å²) in [7, 11) is 0. The molecule has 0 fully saturated rings. The van der Waals surface area contributed by atoms with Gasteiger partial charge >= 0.3 is 0 Å². The number of rotatable bonds is 11. The molecule has 0 aliphatic carbocycles. The van der Waals surface area contributed by atoms with E-state index in [0.717, 1.165) is 22.4 Å². The van der Waals surface area contributed by atoms with E-state index < -0.39 is 6.04 Å². The molecule has 35 heavy (non-hydrogen) atoms. The number of thioether (sulfide) groups is 1. The maximum absolute atomic E-state index is 13.6. The van der Waals surface area contributed by atoms with Crippen molar-refractivity contribution in [1.82, 2.24) is 10.2 Å². The van der Waals surface area contributed by atoms with Crippen molar-refractivity contribution in [1.29, 1.82) is 0 Å². The van der Waals surface area contributed by atoms with Gasteiger partial charge in [-0.1, -0.05) is 78.7 Å². The average molecular weight is 530 g/mol. The summed E-state index contributed by atoms with van der Waals surface area (Å²) in [5, 5.41) is 4.29. The lowest BCUT2D eigenvalue weighted by molar-refractivity contribution is -0.139. The summed E-state index contributed by atoms with van der Waals surface area (Å²) in [4.78, 5) is 29.7. The van der Waals surface area contributed by atoms with Crippen LogP contribution in [0.1, 0.15) is 31.4 Å². The van der Waals surface area contributed by atoms with Gasteiger partial charge in [0.1, 0.15) is 6.04 Å². The van der Waals surface area contributed by atoms with Crippen LogP contribution in [-0.2, 0) is 22.6 Å². The van der Waals surface area contributed by atoms with E-state index in [1.807, 2.05) is 74.5 Å². The molecule has 0 bridgehead atoms. The van der Waals surface area contributed by atoms with Gasteiger partial charge in [0.15, 0.2) is 0 Å². The molecule has 0 aromatic heterocycles. The molecule has 1 N–H and O–H groups in total. The maximum Gasteiger partial charge on any atom is 0.243 e. The van der Waals surface area contributed by atoms with Crippen molar-refractivity contribution in [3.63, 3.8) is 0 Å². The predicted octanol–water partition coefficient (Wildman–Crippen LogP) is 6.64. The summed E-state index contributed by atoms with van der Waals surface area (Å²) in [6.07, 6.45) is 1.21. The van der Waals surface area contributed by atoms with E-state index in [0.29, 0.717) is 16.5 Å². The van der Waals surface area contributed by atoms with E-state index in [1.165, 1.54) is 11.8 Å². The lowest BCUT2D eigenvalue weighted by atomic mass is 10.0. The highest BCUT2D eigenvalue weighted by molar-refractivity contribution is 8.00. The molecular formula is C28H30Cl2N2O2S. The average Bonchev–Trinajstić information content (AvgIpc) is 2.87. The zero-order chi connectivity index (χ0) is 25.2. The monoisotopic (exact) mass is 528 g/mol. The first-order valence-corrected chi connectivity index (χ1v) is 13.4. The van der Waals surface area contributed by atoms with Crippen molar-refractivity contribution in [2.75, 3.05) is 5.75 Å². The van der Waals surface area contributed by atoms with Gasteiger partial charge < -0.3 is 10.2 Å². The van der Waals surface area contributed by atoms with Crippen molar-refractivity contribution in [2.24, 2.45) is 0 Å². The molecule has 3 aromatic carbocycles. The summed E-state index contributed by atoms with van der Waals surface area (Å²) in [6.45, 7) is 4.23. The third-order valence-corrected chi connectivity index (χ3v) is 7.36. The van der Waals surface area contributed by atoms with Gasteiger partial charge in [0, 0.05) is 33.9 Å². The lowest BCUT2D eigenvalue weighted by Crippen LogP contribution is -2.52. The molecule has 0 saturated heterocycles. The molecule has 184 valence electrons. The van der Waals surface area contributed by atoms with Crippen LogP contribution in [0.3, 0.4) is 0 Å². The third kappa shape index (κ3) is 8.31. The fraction of sp³-hybridized carbons (Fsp3) is 0.286. The Labute approximate surface area is 222 Å². The first-order valence-electron chi connectivity index (χ1n) is 11.6. The number of benzene rings is 3. The van der Waals surface area contributed by atoms with Crippen LogP contribution in [0.15, 0.2) is 83.8 Å². The third-order valence-electron chi connectivity index (χ3n) is 5.75. The Morgan fingerprint density at radius 2 is 1.60 bits per heavy atom. The molecule has 0 saturated carbocycles. The van der Waals surface area contributed by atoms with Gasteiger partial charge in [-0.3, -0.25) is 9.59 Å². The number of hydrogen-bond donors (Lipinski definition) is 1. The van der Waals surface area contributed by atoms with Crippen LogP contribution in [0.4, 0.5) is 0 Å². The van der Waals surface area contributed by atoms with Crippen LogP contribution in [0.25, 0.3) is 0 Å². The zero-order valence-corrected chi connectivity index (χ0v) is 22.2. The van der Waals surface area contributed by atoms with Crippen molar-refractivity contribution < 1.29 is 9.59 Å². The first kappa shape index (κ1) is 27.1. The predicted molar refractivity (Wildman–Crippen MR) is 146 cm³/mol. The fourth-order valence-corrected chi connectivity index (χ4v) is 4.67. The molecule has 4 nitrogen and oxygen atoms in total. The summed E-state index contributed by atoms with van der Waals surface area (Å²) >= 11 is 13.9. The molecule has 0 unspecified atom stereocenters. The number of amides is 2. The van der Waals surface area contributed by atoms with Crippen molar-refractivity contribution in [3.8, 4) is 0 Å². The molecule has 0 aliphatic heterocycles. The summed E-state index contributed by atoms with van der Waals surface area (Å²) in [6, 6.07) is 23.9. The van der Waals surface area contributed by atoms with Crippen molar-refractivity contribution in [2.45, 2.75) is 50.2 Å². The molecule has 2 atom stereocenters. The number of carbonyl (C=O) groups is 2. The van der Waals surface area contributed by atoms with Crippen LogP contribution in [-0.4, -0.2) is 34.6 Å². The van der Waals surface area contributed by atoms with Crippen molar-refractivity contribution >= 4 is 46.8 Å². The number of nitrogens with zero attached hydrogens (tertiary/aromatic N) is 1. The van der Waals surface area contributed by atoms with Gasteiger partial charge in [-0.15, -0.1) is 11.8 Å². The Morgan fingerprint density at radius 3 is 2.26 bits per heavy atom. The van der Waals surface area contributed by atoms with Crippen LogP contribution >= 0.6 is 35.0 Å². The quantitative estimate of drug-likeness (QED) is 0.283. The lowest BCUT2D eigenvalue weighted by Gasteiger charge is -2.32. The Morgan fingerprint density at radius 1 is 0.943 bits per heavy atom. The molecule has 0 spiro atoms. The minimum atomic E-state index is -0.680. The summed E-state index contributed by atoms with van der Waals surface area (Å²) in [5.41, 5.74) is 1.78. The van der Waals surface area contributed by atoms with E-state index >= 15 is 0 Å². The second-order valence-corrected chi connectivity index (χ2v) is 10.3. The highest BCUT2D eigenvalue weighted by atomic mass is 35.5. The van der Waals surface area contributed by atoms with Crippen LogP contribution in [0.5, 0.6) is 0 Å². The SMILES string of the molecule is CC[C@H](C)NC(=O)[C@@H](Cc1ccccc1)N(Cc1ccccc1Cl)C(=O)CSc1ccc(Cl)cc1. The normalized spacial score (nSPS) is 12.6. The van der Waals surface area contributed by atoms with Gasteiger partial charge in [-0.25, -0.2) is 0 Å². The number of halogens is 2. The zero-order valence-electron chi connectivity index (χ0n) is 19.9. The van der Waals surface area contributed by atoms with Gasteiger partial charge in [-0.05, 0) is 54.8 Å². The van der Waals surface area contributed by atoms with E-state index in [2.05, 4.69) is 5.32 Å². The van der Waals surface area contributed by atoms with E-state index in [4.69, 9.17) is 23.2 Å². The number of hydrogen-bond acceptors (Lipinski definition) is 3. The van der Waals surface area contributed by atoms with Gasteiger partial charge in [0.2, 0.25) is 11.8 Å². The van der Waals surface area contributed by atoms with Crippen LogP contribution in [0.2, 0.25) is 10.0 Å². The molecule has 0 aliphatic rings. The molecule has 3 aromatic rings. The Kier molecular flexibility index (Phi) is 10.5. The second kappa shape index (κ2) is 13.6.